The molecule has 2 heterocycles. The topological polar surface area (TPSA) is 71.1 Å². The quantitative estimate of drug-likeness (QED) is 0.713. The number of alkyl halides is 3. The Morgan fingerprint density at radius 2 is 1.93 bits per heavy atom. The number of hydrogen-bond donors (Lipinski definition) is 1. The van der Waals surface area contributed by atoms with E-state index in [1.165, 1.54) is 0 Å². The second-order valence-electron chi connectivity index (χ2n) is 7.47. The molecule has 3 rings (SSSR count). The van der Waals surface area contributed by atoms with Crippen molar-refractivity contribution in [1.29, 1.82) is 0 Å². The number of benzene rings is 1. The molecule has 0 radical (unpaired) electrons. The van der Waals surface area contributed by atoms with Crippen LogP contribution in [0.1, 0.15) is 18.0 Å². The van der Waals surface area contributed by atoms with Gasteiger partial charge in [0.05, 0.1) is 32.3 Å². The molecule has 0 saturated carbocycles. The first-order valence-corrected chi connectivity index (χ1v) is 9.85. The lowest BCUT2D eigenvalue weighted by Gasteiger charge is -2.35. The Kier molecular flexibility index (Phi) is 7.19. The summed E-state index contributed by atoms with van der Waals surface area (Å²) in [6, 6.07) is 7.42. The number of halogens is 3. The lowest BCUT2D eigenvalue weighted by molar-refractivity contribution is -0.157. The van der Waals surface area contributed by atoms with Gasteiger partial charge in [0.1, 0.15) is 12.3 Å². The lowest BCUT2D eigenvalue weighted by atomic mass is 10.0. The Morgan fingerprint density at radius 3 is 2.53 bits per heavy atom. The van der Waals surface area contributed by atoms with E-state index in [4.69, 9.17) is 9.47 Å². The van der Waals surface area contributed by atoms with Crippen molar-refractivity contribution < 1.29 is 32.2 Å². The van der Waals surface area contributed by atoms with Crippen molar-refractivity contribution in [1.82, 2.24) is 15.1 Å². The number of morpholine rings is 1. The van der Waals surface area contributed by atoms with Crippen LogP contribution in [0.4, 0.5) is 13.2 Å². The van der Waals surface area contributed by atoms with E-state index < -0.39 is 30.5 Å². The monoisotopic (exact) mass is 429 g/mol. The van der Waals surface area contributed by atoms with Crippen molar-refractivity contribution in [3.63, 3.8) is 0 Å². The highest BCUT2D eigenvalue weighted by atomic mass is 19.4. The van der Waals surface area contributed by atoms with E-state index in [-0.39, 0.29) is 25.6 Å². The first-order valence-electron chi connectivity index (χ1n) is 9.85. The summed E-state index contributed by atoms with van der Waals surface area (Å²) in [6.07, 6.45) is -4.68. The zero-order chi connectivity index (χ0) is 21.7. The molecule has 1 N–H and O–H groups in total. The van der Waals surface area contributed by atoms with Crippen molar-refractivity contribution in [2.45, 2.75) is 18.6 Å². The van der Waals surface area contributed by atoms with E-state index >= 15 is 0 Å². The molecule has 2 saturated heterocycles. The second-order valence-corrected chi connectivity index (χ2v) is 7.47. The van der Waals surface area contributed by atoms with E-state index in [0.29, 0.717) is 31.2 Å². The van der Waals surface area contributed by atoms with Gasteiger partial charge in [0, 0.05) is 32.6 Å². The van der Waals surface area contributed by atoms with Gasteiger partial charge in [0.25, 0.3) is 0 Å². The van der Waals surface area contributed by atoms with Crippen LogP contribution in [0.2, 0.25) is 0 Å². The summed E-state index contributed by atoms with van der Waals surface area (Å²) in [5.74, 6) is -1.11. The Bertz CT molecular complexity index is 736. The molecule has 166 valence electrons. The third-order valence-electron chi connectivity index (χ3n) is 5.41. The molecule has 2 aliphatic rings. The van der Waals surface area contributed by atoms with Gasteiger partial charge in [0.15, 0.2) is 0 Å². The maximum Gasteiger partial charge on any atom is 0.406 e. The fourth-order valence-electron chi connectivity index (χ4n) is 3.83. The molecule has 2 atom stereocenters. The van der Waals surface area contributed by atoms with Crippen LogP contribution in [0.15, 0.2) is 24.3 Å². The zero-order valence-corrected chi connectivity index (χ0v) is 16.8. The molecular formula is C20H26F3N3O4. The lowest BCUT2D eigenvalue weighted by Crippen LogP contribution is -2.45. The van der Waals surface area contributed by atoms with E-state index in [0.717, 1.165) is 11.3 Å². The fraction of sp³-hybridized carbons (Fsp3) is 0.600. The average Bonchev–Trinajstić information content (AvgIpc) is 3.08. The Balaban J connectivity index is 1.63. The van der Waals surface area contributed by atoms with Gasteiger partial charge >= 0.3 is 6.18 Å². The summed E-state index contributed by atoms with van der Waals surface area (Å²) in [5, 5.41) is 2.84. The number of carbonyl (C=O) groups excluding carboxylic acids is 2. The van der Waals surface area contributed by atoms with Crippen LogP contribution < -0.4 is 10.1 Å². The Morgan fingerprint density at radius 1 is 1.27 bits per heavy atom. The molecule has 0 bridgehead atoms. The maximum absolute atomic E-state index is 12.6. The molecule has 0 aliphatic carbocycles. The molecule has 30 heavy (non-hydrogen) atoms. The normalized spacial score (nSPS) is 21.5. The van der Waals surface area contributed by atoms with Gasteiger partial charge in [-0.25, -0.2) is 0 Å². The molecule has 2 aliphatic heterocycles. The first kappa shape index (κ1) is 22.4. The first-order chi connectivity index (χ1) is 14.3. The summed E-state index contributed by atoms with van der Waals surface area (Å²) in [5.41, 5.74) is 0.985. The third kappa shape index (κ3) is 5.85. The van der Waals surface area contributed by atoms with Crippen molar-refractivity contribution in [3.8, 4) is 5.75 Å². The Labute approximate surface area is 173 Å². The van der Waals surface area contributed by atoms with Crippen LogP contribution in [0.3, 0.4) is 0 Å². The van der Waals surface area contributed by atoms with Crippen LogP contribution in [0.25, 0.3) is 0 Å². The standard InChI is InChI=1S/C20H26F3N3O4/c1-29-16-4-2-14(3-5-16)17(25-6-8-30-9-7-25)11-24-19(28)15-10-18(27)26(12-15)13-20(21,22)23/h2-5,15,17H,6-13H2,1H3,(H,24,28). The summed E-state index contributed by atoms with van der Waals surface area (Å²) < 4.78 is 48.4. The van der Waals surface area contributed by atoms with E-state index in [9.17, 15) is 22.8 Å². The minimum Gasteiger partial charge on any atom is -0.497 e. The summed E-state index contributed by atoms with van der Waals surface area (Å²) in [6.45, 7) is 1.33. The number of methoxy groups -OCH3 is 1. The van der Waals surface area contributed by atoms with Gasteiger partial charge in [-0.3, -0.25) is 14.5 Å². The van der Waals surface area contributed by atoms with Gasteiger partial charge in [0.2, 0.25) is 11.8 Å². The maximum atomic E-state index is 12.6. The van der Waals surface area contributed by atoms with E-state index in [2.05, 4.69) is 10.2 Å². The smallest absolute Gasteiger partial charge is 0.406 e. The van der Waals surface area contributed by atoms with Crippen molar-refractivity contribution >= 4 is 11.8 Å². The highest BCUT2D eigenvalue weighted by Gasteiger charge is 2.40. The van der Waals surface area contributed by atoms with Gasteiger partial charge in [-0.1, -0.05) is 12.1 Å². The van der Waals surface area contributed by atoms with E-state index in [1.807, 2.05) is 24.3 Å². The summed E-state index contributed by atoms with van der Waals surface area (Å²) in [7, 11) is 1.58. The number of rotatable bonds is 7. The summed E-state index contributed by atoms with van der Waals surface area (Å²) >= 11 is 0. The van der Waals surface area contributed by atoms with Crippen molar-refractivity contribution in [2.75, 3.05) is 53.0 Å². The van der Waals surface area contributed by atoms with Crippen LogP contribution in [0.5, 0.6) is 5.75 Å². The summed E-state index contributed by atoms with van der Waals surface area (Å²) in [4.78, 5) is 27.3. The third-order valence-corrected chi connectivity index (χ3v) is 5.41. The largest absolute Gasteiger partial charge is 0.497 e. The number of ether oxygens (including phenoxy) is 2. The average molecular weight is 429 g/mol. The zero-order valence-electron chi connectivity index (χ0n) is 16.8. The second kappa shape index (κ2) is 9.65. The highest BCUT2D eigenvalue weighted by molar-refractivity contribution is 5.89. The minimum atomic E-state index is -4.48. The number of carbonyl (C=O) groups is 2. The number of nitrogens with zero attached hydrogens (tertiary/aromatic N) is 2. The number of likely N-dealkylation sites (tertiary alicyclic amines) is 1. The molecule has 1 aromatic rings. The molecular weight excluding hydrogens is 403 g/mol. The van der Waals surface area contributed by atoms with Crippen LogP contribution in [0, 0.1) is 5.92 Å². The predicted octanol–water partition coefficient (Wildman–Crippen LogP) is 1.60. The highest BCUT2D eigenvalue weighted by Crippen LogP contribution is 2.26. The molecule has 2 unspecified atom stereocenters. The number of amides is 2. The molecule has 2 amide bonds. The molecule has 2 fully saturated rings. The molecule has 1 aromatic carbocycles. The van der Waals surface area contributed by atoms with Gasteiger partial charge in [-0.05, 0) is 17.7 Å². The molecule has 0 spiro atoms. The van der Waals surface area contributed by atoms with Gasteiger partial charge in [-0.2, -0.15) is 13.2 Å². The number of hydrogen-bond acceptors (Lipinski definition) is 5. The molecule has 10 heteroatoms. The van der Waals surface area contributed by atoms with E-state index in [1.54, 1.807) is 7.11 Å². The Hall–Kier alpha value is -2.33. The molecule has 7 nitrogen and oxygen atoms in total. The molecule has 0 aromatic heterocycles. The van der Waals surface area contributed by atoms with Crippen molar-refractivity contribution in [3.05, 3.63) is 29.8 Å². The van der Waals surface area contributed by atoms with Crippen LogP contribution in [-0.4, -0.2) is 80.8 Å². The van der Waals surface area contributed by atoms with Gasteiger partial charge < -0.3 is 19.7 Å². The van der Waals surface area contributed by atoms with Gasteiger partial charge in [-0.15, -0.1) is 0 Å². The van der Waals surface area contributed by atoms with Crippen molar-refractivity contribution in [2.24, 2.45) is 5.92 Å². The predicted molar refractivity (Wildman–Crippen MR) is 102 cm³/mol. The van der Waals surface area contributed by atoms with Crippen LogP contribution in [-0.2, 0) is 14.3 Å². The SMILES string of the molecule is COc1ccc(C(CNC(=O)C2CC(=O)N(CC(F)(F)F)C2)N2CCOCC2)cc1. The minimum absolute atomic E-state index is 0.118. The van der Waals surface area contributed by atoms with Crippen LogP contribution >= 0.6 is 0 Å². The fourth-order valence-corrected chi connectivity index (χ4v) is 3.83. The number of nitrogens with one attached hydrogen (secondary N) is 1.